The smallest absolute Gasteiger partial charge is 0.335 e. The lowest BCUT2D eigenvalue weighted by Gasteiger charge is -2.27. The van der Waals surface area contributed by atoms with Gasteiger partial charge in [0.1, 0.15) is 5.75 Å². The molecular formula is C24H31N3O2. The summed E-state index contributed by atoms with van der Waals surface area (Å²) in [6.07, 6.45) is 3.19. The molecule has 0 bridgehead atoms. The Morgan fingerprint density at radius 1 is 1.07 bits per heavy atom. The van der Waals surface area contributed by atoms with Crippen molar-refractivity contribution >= 4 is 6.03 Å². The molecule has 1 aliphatic carbocycles. The maximum atomic E-state index is 13.3. The molecule has 29 heavy (non-hydrogen) atoms. The SMILES string of the molecule is COc1ccc(CCN2C(=O)N(N(C)C3CC3)CC2c2ccc(C)c(C)c2)cc1. The van der Waals surface area contributed by atoms with Crippen LogP contribution in [-0.4, -0.2) is 54.2 Å². The van der Waals surface area contributed by atoms with E-state index in [9.17, 15) is 4.79 Å². The van der Waals surface area contributed by atoms with Crippen LogP contribution in [0.2, 0.25) is 0 Å². The van der Waals surface area contributed by atoms with Crippen LogP contribution in [0.4, 0.5) is 4.79 Å². The first-order chi connectivity index (χ1) is 14.0. The van der Waals surface area contributed by atoms with Crippen molar-refractivity contribution in [2.75, 3.05) is 27.2 Å². The van der Waals surface area contributed by atoms with E-state index in [4.69, 9.17) is 4.74 Å². The van der Waals surface area contributed by atoms with E-state index >= 15 is 0 Å². The Kier molecular flexibility index (Phi) is 5.50. The predicted molar refractivity (Wildman–Crippen MR) is 115 cm³/mol. The van der Waals surface area contributed by atoms with E-state index in [2.05, 4.69) is 56.2 Å². The van der Waals surface area contributed by atoms with Crippen LogP contribution in [0, 0.1) is 13.8 Å². The molecule has 1 atom stereocenters. The van der Waals surface area contributed by atoms with Gasteiger partial charge in [-0.25, -0.2) is 9.80 Å². The summed E-state index contributed by atoms with van der Waals surface area (Å²) >= 11 is 0. The van der Waals surface area contributed by atoms with Crippen LogP contribution in [0.5, 0.6) is 5.75 Å². The highest BCUT2D eigenvalue weighted by Crippen LogP contribution is 2.35. The Bertz CT molecular complexity index is 876. The normalized spacial score (nSPS) is 19.3. The number of nitrogens with zero attached hydrogens (tertiary/aromatic N) is 3. The highest BCUT2D eigenvalue weighted by atomic mass is 16.5. The third-order valence-electron chi connectivity index (χ3n) is 6.36. The van der Waals surface area contributed by atoms with E-state index in [1.807, 2.05) is 22.0 Å². The Morgan fingerprint density at radius 3 is 2.41 bits per heavy atom. The summed E-state index contributed by atoms with van der Waals surface area (Å²) < 4.78 is 5.25. The van der Waals surface area contributed by atoms with Crippen molar-refractivity contribution in [1.82, 2.24) is 14.9 Å². The standard InChI is InChI=1S/C24H31N3O2/c1-17-5-8-20(15-18(17)2)23-16-27(25(3)21-9-10-21)24(28)26(23)14-13-19-6-11-22(29-4)12-7-19/h5-8,11-12,15,21,23H,9-10,13-14,16H2,1-4H3. The molecule has 2 aromatic rings. The molecule has 0 aromatic heterocycles. The molecule has 5 nitrogen and oxygen atoms in total. The van der Waals surface area contributed by atoms with Gasteiger partial charge < -0.3 is 9.64 Å². The summed E-state index contributed by atoms with van der Waals surface area (Å²) in [5, 5.41) is 4.11. The number of urea groups is 1. The van der Waals surface area contributed by atoms with Gasteiger partial charge in [0.05, 0.1) is 19.7 Å². The van der Waals surface area contributed by atoms with E-state index in [-0.39, 0.29) is 12.1 Å². The molecule has 0 radical (unpaired) electrons. The van der Waals surface area contributed by atoms with Gasteiger partial charge in [0.15, 0.2) is 0 Å². The first kappa shape index (κ1) is 19.8. The average molecular weight is 394 g/mol. The van der Waals surface area contributed by atoms with E-state index in [0.717, 1.165) is 18.7 Å². The third kappa shape index (κ3) is 4.10. The van der Waals surface area contributed by atoms with Crippen molar-refractivity contribution in [3.63, 3.8) is 0 Å². The molecule has 5 heteroatoms. The number of hydrogen-bond donors (Lipinski definition) is 0. The summed E-state index contributed by atoms with van der Waals surface area (Å²) in [4.78, 5) is 15.4. The second kappa shape index (κ2) is 8.07. The van der Waals surface area contributed by atoms with E-state index in [1.54, 1.807) is 7.11 Å². The van der Waals surface area contributed by atoms with Crippen LogP contribution in [-0.2, 0) is 6.42 Å². The first-order valence-electron chi connectivity index (χ1n) is 10.5. The fraction of sp³-hybridized carbons (Fsp3) is 0.458. The van der Waals surface area contributed by atoms with Gasteiger partial charge in [-0.2, -0.15) is 0 Å². The maximum absolute atomic E-state index is 13.3. The van der Waals surface area contributed by atoms with Crippen molar-refractivity contribution < 1.29 is 9.53 Å². The molecule has 1 saturated carbocycles. The van der Waals surface area contributed by atoms with Crippen LogP contribution in [0.25, 0.3) is 0 Å². The number of carbonyl (C=O) groups excluding carboxylic acids is 1. The maximum Gasteiger partial charge on any atom is 0.335 e. The molecule has 1 saturated heterocycles. The molecule has 2 aromatic carbocycles. The zero-order valence-corrected chi connectivity index (χ0v) is 17.9. The van der Waals surface area contributed by atoms with Gasteiger partial charge in [-0.05, 0) is 67.5 Å². The number of benzene rings is 2. The molecule has 1 heterocycles. The minimum absolute atomic E-state index is 0.0845. The second-order valence-electron chi connectivity index (χ2n) is 8.32. The van der Waals surface area contributed by atoms with Crippen molar-refractivity contribution in [2.45, 2.75) is 45.2 Å². The molecule has 154 valence electrons. The first-order valence-corrected chi connectivity index (χ1v) is 10.5. The quantitative estimate of drug-likeness (QED) is 0.702. The number of hydrogen-bond acceptors (Lipinski definition) is 3. The van der Waals surface area contributed by atoms with E-state index < -0.39 is 0 Å². The number of ether oxygens (including phenoxy) is 1. The van der Waals surface area contributed by atoms with Gasteiger partial charge in [-0.15, -0.1) is 0 Å². The number of aryl methyl sites for hydroxylation is 2. The number of hydrazine groups is 1. The van der Waals surface area contributed by atoms with Crippen molar-refractivity contribution in [3.05, 3.63) is 64.7 Å². The molecular weight excluding hydrogens is 362 g/mol. The summed E-state index contributed by atoms with van der Waals surface area (Å²) in [5.74, 6) is 0.858. The molecule has 4 rings (SSSR count). The summed E-state index contributed by atoms with van der Waals surface area (Å²) in [5.41, 5.74) is 5.00. The van der Waals surface area contributed by atoms with Crippen LogP contribution in [0.3, 0.4) is 0 Å². The summed E-state index contributed by atoms with van der Waals surface area (Å²) in [6, 6.07) is 15.4. The number of methoxy groups -OCH3 is 1. The van der Waals surface area contributed by atoms with Crippen LogP contribution in [0.15, 0.2) is 42.5 Å². The van der Waals surface area contributed by atoms with Crippen LogP contribution in [0.1, 0.15) is 41.1 Å². The van der Waals surface area contributed by atoms with Crippen LogP contribution < -0.4 is 4.74 Å². The Balaban J connectivity index is 1.55. The van der Waals surface area contributed by atoms with Crippen molar-refractivity contribution in [3.8, 4) is 5.75 Å². The predicted octanol–water partition coefficient (Wildman–Crippen LogP) is 4.34. The fourth-order valence-electron chi connectivity index (χ4n) is 4.08. The Labute approximate surface area is 173 Å². The molecule has 0 N–H and O–H groups in total. The summed E-state index contributed by atoms with van der Waals surface area (Å²) in [7, 11) is 3.73. The minimum atomic E-state index is 0.0845. The fourth-order valence-corrected chi connectivity index (χ4v) is 4.08. The lowest BCUT2D eigenvalue weighted by molar-refractivity contribution is 0.0459. The third-order valence-corrected chi connectivity index (χ3v) is 6.36. The summed E-state index contributed by atoms with van der Waals surface area (Å²) in [6.45, 7) is 5.70. The zero-order chi connectivity index (χ0) is 20.5. The van der Waals surface area contributed by atoms with Crippen molar-refractivity contribution in [1.29, 1.82) is 0 Å². The lowest BCUT2D eigenvalue weighted by atomic mass is 10.0. The highest BCUT2D eigenvalue weighted by molar-refractivity contribution is 5.77. The Morgan fingerprint density at radius 2 is 1.79 bits per heavy atom. The topological polar surface area (TPSA) is 36.0 Å². The molecule has 0 spiro atoms. The van der Waals surface area contributed by atoms with Gasteiger partial charge in [-0.3, -0.25) is 5.01 Å². The van der Waals surface area contributed by atoms with Gasteiger partial charge >= 0.3 is 6.03 Å². The zero-order valence-electron chi connectivity index (χ0n) is 17.9. The number of rotatable bonds is 7. The average Bonchev–Trinajstić information content (AvgIpc) is 3.53. The molecule has 1 aliphatic heterocycles. The number of amides is 2. The van der Waals surface area contributed by atoms with Gasteiger partial charge in [0.25, 0.3) is 0 Å². The molecule has 2 aliphatic rings. The van der Waals surface area contributed by atoms with Gasteiger partial charge in [0.2, 0.25) is 0 Å². The number of carbonyl (C=O) groups is 1. The van der Waals surface area contributed by atoms with Gasteiger partial charge in [0, 0.05) is 19.6 Å². The highest BCUT2D eigenvalue weighted by Gasteiger charge is 2.43. The second-order valence-corrected chi connectivity index (χ2v) is 8.32. The van der Waals surface area contributed by atoms with E-state index in [0.29, 0.717) is 12.6 Å². The minimum Gasteiger partial charge on any atom is -0.497 e. The van der Waals surface area contributed by atoms with Crippen LogP contribution >= 0.6 is 0 Å². The van der Waals surface area contributed by atoms with Crippen molar-refractivity contribution in [2.24, 2.45) is 0 Å². The van der Waals surface area contributed by atoms with Gasteiger partial charge in [-0.1, -0.05) is 30.3 Å². The van der Waals surface area contributed by atoms with E-state index in [1.165, 1.54) is 35.1 Å². The largest absolute Gasteiger partial charge is 0.497 e. The monoisotopic (exact) mass is 393 g/mol. The molecule has 1 unspecified atom stereocenters. The molecule has 2 fully saturated rings. The Hall–Kier alpha value is -2.53. The lowest BCUT2D eigenvalue weighted by Crippen LogP contribution is -2.44. The molecule has 2 amide bonds.